The predicted molar refractivity (Wildman–Crippen MR) is 71.7 cm³/mol. The van der Waals surface area contributed by atoms with Gasteiger partial charge >= 0.3 is 0 Å². The lowest BCUT2D eigenvalue weighted by Crippen LogP contribution is -2.44. The molecule has 2 heterocycles. The van der Waals surface area contributed by atoms with Crippen LogP contribution in [0.3, 0.4) is 0 Å². The van der Waals surface area contributed by atoms with E-state index in [-0.39, 0.29) is 11.0 Å². The van der Waals surface area contributed by atoms with Gasteiger partial charge in [0.05, 0.1) is 24.2 Å². The number of hydrogen-bond acceptors (Lipinski definition) is 5. The molecule has 110 valence electrons. The van der Waals surface area contributed by atoms with Crippen molar-refractivity contribution in [3.8, 4) is 0 Å². The van der Waals surface area contributed by atoms with Crippen molar-refractivity contribution in [2.75, 3.05) is 25.5 Å². The second kappa shape index (κ2) is 5.31. The maximum absolute atomic E-state index is 11.8. The van der Waals surface area contributed by atoms with Gasteiger partial charge in [-0.2, -0.15) is 0 Å². The van der Waals surface area contributed by atoms with Crippen LogP contribution in [-0.4, -0.2) is 51.0 Å². The van der Waals surface area contributed by atoms with Gasteiger partial charge in [-0.3, -0.25) is 0 Å². The van der Waals surface area contributed by atoms with E-state index in [9.17, 15) is 8.42 Å². The Hall–Kier alpha value is -0.170. The van der Waals surface area contributed by atoms with Crippen molar-refractivity contribution in [3.05, 3.63) is 0 Å². The quantitative estimate of drug-likeness (QED) is 0.834. The average Bonchev–Trinajstić information content (AvgIpc) is 2.96. The fourth-order valence-electron chi connectivity index (χ4n) is 3.43. The van der Waals surface area contributed by atoms with E-state index in [1.807, 2.05) is 0 Å². The molecule has 0 aromatic heterocycles. The third-order valence-corrected chi connectivity index (χ3v) is 6.93. The second-order valence-electron chi connectivity index (χ2n) is 5.92. The van der Waals surface area contributed by atoms with E-state index < -0.39 is 9.84 Å². The standard InChI is InChI=1S/C13H23NO4S/c15-19(16)9-1-2-12(19)10-14-11-3-5-13(6-4-11)17-7-8-18-13/h11-12,14H,1-10H2. The molecule has 3 rings (SSSR count). The van der Waals surface area contributed by atoms with Crippen LogP contribution in [0, 0.1) is 0 Å². The van der Waals surface area contributed by atoms with Crippen molar-refractivity contribution >= 4 is 9.84 Å². The van der Waals surface area contributed by atoms with Crippen LogP contribution in [-0.2, 0) is 19.3 Å². The Labute approximate surface area is 115 Å². The zero-order valence-electron chi connectivity index (χ0n) is 11.3. The van der Waals surface area contributed by atoms with Crippen LogP contribution in [0.15, 0.2) is 0 Å². The highest BCUT2D eigenvalue weighted by atomic mass is 32.2. The molecule has 5 nitrogen and oxygen atoms in total. The minimum Gasteiger partial charge on any atom is -0.348 e. The number of ether oxygens (including phenoxy) is 2. The van der Waals surface area contributed by atoms with Crippen molar-refractivity contribution in [3.63, 3.8) is 0 Å². The highest BCUT2D eigenvalue weighted by Crippen LogP contribution is 2.35. The molecule has 0 amide bonds. The normalized spacial score (nSPS) is 34.0. The first-order chi connectivity index (χ1) is 9.10. The van der Waals surface area contributed by atoms with Crippen LogP contribution < -0.4 is 5.32 Å². The summed E-state index contributed by atoms with van der Waals surface area (Å²) >= 11 is 0. The van der Waals surface area contributed by atoms with Gasteiger partial charge in [-0.1, -0.05) is 0 Å². The van der Waals surface area contributed by atoms with Crippen LogP contribution >= 0.6 is 0 Å². The van der Waals surface area contributed by atoms with E-state index in [2.05, 4.69) is 5.32 Å². The third-order valence-electron chi connectivity index (χ3n) is 4.66. The average molecular weight is 289 g/mol. The van der Waals surface area contributed by atoms with Gasteiger partial charge in [0.1, 0.15) is 0 Å². The first-order valence-corrected chi connectivity index (χ1v) is 9.04. The van der Waals surface area contributed by atoms with E-state index in [1.165, 1.54) is 0 Å². The SMILES string of the molecule is O=S1(=O)CCCC1CNC1CCC2(CC1)OCCO2. The van der Waals surface area contributed by atoms with Crippen LogP contribution in [0.2, 0.25) is 0 Å². The molecular weight excluding hydrogens is 266 g/mol. The molecule has 1 unspecified atom stereocenters. The molecule has 1 aliphatic carbocycles. The highest BCUT2D eigenvalue weighted by molar-refractivity contribution is 7.92. The summed E-state index contributed by atoms with van der Waals surface area (Å²) in [6.45, 7) is 2.03. The summed E-state index contributed by atoms with van der Waals surface area (Å²) in [5, 5.41) is 3.27. The van der Waals surface area contributed by atoms with Crippen LogP contribution in [0.5, 0.6) is 0 Å². The van der Waals surface area contributed by atoms with Gasteiger partial charge in [-0.25, -0.2) is 8.42 Å². The summed E-state index contributed by atoms with van der Waals surface area (Å²) in [6.07, 6.45) is 5.49. The molecule has 1 saturated carbocycles. The Morgan fingerprint density at radius 2 is 1.79 bits per heavy atom. The molecule has 2 saturated heterocycles. The van der Waals surface area contributed by atoms with E-state index in [0.717, 1.165) is 38.5 Å². The summed E-state index contributed by atoms with van der Waals surface area (Å²) in [5.41, 5.74) is 0. The summed E-state index contributed by atoms with van der Waals surface area (Å²) in [7, 11) is -2.82. The number of rotatable bonds is 3. The molecule has 3 aliphatic rings. The summed E-state index contributed by atoms with van der Waals surface area (Å²) < 4.78 is 34.9. The molecule has 6 heteroatoms. The van der Waals surface area contributed by atoms with Gasteiger partial charge < -0.3 is 14.8 Å². The fraction of sp³-hybridized carbons (Fsp3) is 1.00. The lowest BCUT2D eigenvalue weighted by Gasteiger charge is -2.36. The lowest BCUT2D eigenvalue weighted by molar-refractivity contribution is -0.179. The maximum atomic E-state index is 11.8. The van der Waals surface area contributed by atoms with Crippen molar-refractivity contribution in [1.29, 1.82) is 0 Å². The zero-order chi connectivity index (χ0) is 13.3. The first kappa shape index (κ1) is 13.8. The van der Waals surface area contributed by atoms with Crippen molar-refractivity contribution in [2.24, 2.45) is 0 Å². The van der Waals surface area contributed by atoms with Crippen molar-refractivity contribution in [1.82, 2.24) is 5.32 Å². The summed E-state index contributed by atoms with van der Waals surface area (Å²) in [5.74, 6) is 0.0480. The topological polar surface area (TPSA) is 64.6 Å². The van der Waals surface area contributed by atoms with Gasteiger partial charge in [-0.15, -0.1) is 0 Å². The van der Waals surface area contributed by atoms with E-state index >= 15 is 0 Å². The predicted octanol–water partition coefficient (Wildman–Crippen LogP) is 0.839. The van der Waals surface area contributed by atoms with E-state index in [4.69, 9.17) is 9.47 Å². The monoisotopic (exact) mass is 289 g/mol. The zero-order valence-corrected chi connectivity index (χ0v) is 12.1. The molecule has 3 fully saturated rings. The Morgan fingerprint density at radius 3 is 2.37 bits per heavy atom. The Balaban J connectivity index is 1.45. The van der Waals surface area contributed by atoms with Crippen LogP contribution in [0.25, 0.3) is 0 Å². The molecule has 19 heavy (non-hydrogen) atoms. The molecule has 1 N–H and O–H groups in total. The van der Waals surface area contributed by atoms with Gasteiger partial charge in [0.15, 0.2) is 15.6 Å². The molecule has 0 aromatic rings. The molecule has 0 bridgehead atoms. The number of nitrogens with one attached hydrogen (secondary N) is 1. The summed E-state index contributed by atoms with van der Waals surface area (Å²) in [6, 6.07) is 0.411. The van der Waals surface area contributed by atoms with E-state index in [0.29, 0.717) is 31.6 Å². The van der Waals surface area contributed by atoms with E-state index in [1.54, 1.807) is 0 Å². The maximum Gasteiger partial charge on any atom is 0.168 e. The number of hydrogen-bond donors (Lipinski definition) is 1. The molecule has 2 aliphatic heterocycles. The summed E-state index contributed by atoms with van der Waals surface area (Å²) in [4.78, 5) is 0. The first-order valence-electron chi connectivity index (χ1n) is 7.33. The molecule has 1 spiro atoms. The largest absolute Gasteiger partial charge is 0.348 e. The lowest BCUT2D eigenvalue weighted by atomic mass is 9.90. The van der Waals surface area contributed by atoms with Gasteiger partial charge in [0.25, 0.3) is 0 Å². The molecular formula is C13H23NO4S. The number of sulfone groups is 1. The van der Waals surface area contributed by atoms with Gasteiger partial charge in [-0.05, 0) is 25.7 Å². The Morgan fingerprint density at radius 1 is 1.11 bits per heavy atom. The molecule has 0 radical (unpaired) electrons. The third kappa shape index (κ3) is 2.96. The molecule has 0 aromatic carbocycles. The second-order valence-corrected chi connectivity index (χ2v) is 8.32. The van der Waals surface area contributed by atoms with Gasteiger partial charge in [0, 0.05) is 25.4 Å². The van der Waals surface area contributed by atoms with Crippen LogP contribution in [0.4, 0.5) is 0 Å². The van der Waals surface area contributed by atoms with Crippen LogP contribution in [0.1, 0.15) is 38.5 Å². The fourth-order valence-corrected chi connectivity index (χ4v) is 5.21. The van der Waals surface area contributed by atoms with Gasteiger partial charge in [0.2, 0.25) is 0 Å². The minimum atomic E-state index is -2.82. The Kier molecular flexibility index (Phi) is 3.86. The van der Waals surface area contributed by atoms with Crippen molar-refractivity contribution in [2.45, 2.75) is 55.6 Å². The smallest absolute Gasteiger partial charge is 0.168 e. The van der Waals surface area contributed by atoms with Crippen molar-refractivity contribution < 1.29 is 17.9 Å². The Bertz CT molecular complexity index is 406. The minimum absolute atomic E-state index is 0.164. The molecule has 1 atom stereocenters. The highest BCUT2D eigenvalue weighted by Gasteiger charge is 2.40.